The van der Waals surface area contributed by atoms with Gasteiger partial charge in [-0.3, -0.25) is 14.2 Å². The van der Waals surface area contributed by atoms with Crippen LogP contribution < -0.4 is 16.6 Å². The van der Waals surface area contributed by atoms with Gasteiger partial charge in [0.1, 0.15) is 0 Å². The number of rotatable bonds is 5. The Kier molecular flexibility index (Phi) is 6.31. The molecular weight excluding hydrogens is 402 g/mol. The second-order valence-electron chi connectivity index (χ2n) is 6.72. The van der Waals surface area contributed by atoms with E-state index in [1.54, 1.807) is 19.2 Å². The third-order valence-corrected chi connectivity index (χ3v) is 5.05. The molecule has 3 aromatic rings. The normalized spacial score (nSPS) is 11.1. The summed E-state index contributed by atoms with van der Waals surface area (Å²) in [4.78, 5) is 45.7. The fourth-order valence-electron chi connectivity index (χ4n) is 2.75. The zero-order valence-electron chi connectivity index (χ0n) is 17.0. The van der Waals surface area contributed by atoms with E-state index < -0.39 is 11.2 Å². The lowest BCUT2D eigenvalue weighted by Crippen LogP contribution is -2.37. The first-order chi connectivity index (χ1) is 14.2. The molecule has 1 N–H and O–H groups in total. The fraction of sp³-hybridized carbons (Fsp3) is 0.190. The topological polar surface area (TPSA) is 98.9 Å². The van der Waals surface area contributed by atoms with Crippen LogP contribution in [0.3, 0.4) is 0 Å². The smallest absolute Gasteiger partial charge is 0.323 e. The van der Waals surface area contributed by atoms with Crippen molar-refractivity contribution in [3.63, 3.8) is 0 Å². The molecule has 0 spiro atoms. The lowest BCUT2D eigenvalue weighted by molar-refractivity contribution is -0.111. The highest BCUT2D eigenvalue weighted by molar-refractivity contribution is 7.99. The van der Waals surface area contributed by atoms with Crippen molar-refractivity contribution in [2.75, 3.05) is 5.32 Å². The maximum absolute atomic E-state index is 12.2. The Morgan fingerprint density at radius 2 is 1.70 bits per heavy atom. The Balaban J connectivity index is 1.67. The lowest BCUT2D eigenvalue weighted by atomic mass is 10.3. The first-order valence-electron chi connectivity index (χ1n) is 9.09. The molecule has 154 valence electrons. The molecule has 3 rings (SSSR count). The van der Waals surface area contributed by atoms with Crippen molar-refractivity contribution in [1.29, 1.82) is 0 Å². The summed E-state index contributed by atoms with van der Waals surface area (Å²) in [6, 6.07) is 9.21. The Hall–Kier alpha value is -3.46. The Morgan fingerprint density at radius 3 is 2.33 bits per heavy atom. The van der Waals surface area contributed by atoms with Crippen LogP contribution in [0.2, 0.25) is 0 Å². The van der Waals surface area contributed by atoms with Gasteiger partial charge in [-0.2, -0.15) is 0 Å². The molecule has 0 aliphatic rings. The summed E-state index contributed by atoms with van der Waals surface area (Å²) in [5.74, 6) is -0.385. The van der Waals surface area contributed by atoms with Crippen LogP contribution in [0.25, 0.3) is 6.08 Å². The standard InChI is InChI=1S/C21H21N5O3S/c1-13-11-14(2)23-20(22-13)30-17-8-6-16(7-9-17)24-18(27)10-5-15-12-25(3)21(29)26(4)19(15)28/h5-12H,1-4H3,(H,24,27)/b10-5+. The lowest BCUT2D eigenvalue weighted by Gasteiger charge is -2.06. The average Bonchev–Trinajstić information content (AvgIpc) is 2.69. The molecule has 0 radical (unpaired) electrons. The van der Waals surface area contributed by atoms with Crippen LogP contribution in [0.15, 0.2) is 62.2 Å². The molecule has 1 aromatic carbocycles. The van der Waals surface area contributed by atoms with Gasteiger partial charge in [-0.15, -0.1) is 0 Å². The summed E-state index contributed by atoms with van der Waals surface area (Å²) >= 11 is 1.44. The van der Waals surface area contributed by atoms with Crippen LogP contribution in [-0.2, 0) is 18.9 Å². The van der Waals surface area contributed by atoms with E-state index in [0.717, 1.165) is 20.9 Å². The molecule has 0 saturated heterocycles. The summed E-state index contributed by atoms with van der Waals surface area (Å²) in [7, 11) is 2.94. The van der Waals surface area contributed by atoms with Gasteiger partial charge in [-0.25, -0.2) is 14.8 Å². The second-order valence-corrected chi connectivity index (χ2v) is 7.77. The van der Waals surface area contributed by atoms with Crippen molar-refractivity contribution in [3.05, 3.63) is 80.4 Å². The predicted molar refractivity (Wildman–Crippen MR) is 117 cm³/mol. The van der Waals surface area contributed by atoms with Crippen molar-refractivity contribution in [3.8, 4) is 0 Å². The Labute approximate surface area is 177 Å². The first-order valence-corrected chi connectivity index (χ1v) is 9.90. The molecule has 2 aromatic heterocycles. The molecule has 2 heterocycles. The predicted octanol–water partition coefficient (Wildman–Crippen LogP) is 2.29. The first kappa shape index (κ1) is 21.3. The van der Waals surface area contributed by atoms with Crippen LogP contribution in [0.5, 0.6) is 0 Å². The van der Waals surface area contributed by atoms with Crippen molar-refractivity contribution >= 4 is 29.4 Å². The second kappa shape index (κ2) is 8.91. The van der Waals surface area contributed by atoms with Crippen molar-refractivity contribution < 1.29 is 4.79 Å². The van der Waals surface area contributed by atoms with Gasteiger partial charge in [0.25, 0.3) is 5.56 Å². The van der Waals surface area contributed by atoms with Gasteiger partial charge in [-0.05, 0) is 62.0 Å². The monoisotopic (exact) mass is 423 g/mol. The number of amides is 1. The Bertz CT molecular complexity index is 1220. The minimum Gasteiger partial charge on any atom is -0.323 e. The third kappa shape index (κ3) is 5.12. The van der Waals surface area contributed by atoms with Gasteiger partial charge in [-0.1, -0.05) is 0 Å². The molecule has 1 amide bonds. The number of nitrogens with one attached hydrogen (secondary N) is 1. The quantitative estimate of drug-likeness (QED) is 0.499. The molecule has 8 nitrogen and oxygen atoms in total. The number of carbonyl (C=O) groups is 1. The maximum atomic E-state index is 12.2. The number of hydrogen-bond acceptors (Lipinski definition) is 6. The highest BCUT2D eigenvalue weighted by Gasteiger charge is 2.06. The molecule has 0 aliphatic carbocycles. The van der Waals surface area contributed by atoms with E-state index >= 15 is 0 Å². The number of benzene rings is 1. The van der Waals surface area contributed by atoms with Gasteiger partial charge >= 0.3 is 5.69 Å². The van der Waals surface area contributed by atoms with Crippen LogP contribution >= 0.6 is 11.8 Å². The molecule has 0 aliphatic heterocycles. The van der Waals surface area contributed by atoms with Gasteiger partial charge in [0.05, 0.1) is 5.56 Å². The number of carbonyl (C=O) groups excluding carboxylic acids is 1. The Morgan fingerprint density at radius 1 is 1.07 bits per heavy atom. The van der Waals surface area contributed by atoms with E-state index in [1.165, 1.54) is 41.7 Å². The van der Waals surface area contributed by atoms with Gasteiger partial charge in [0, 0.05) is 48.3 Å². The van der Waals surface area contributed by atoms with Crippen molar-refractivity contribution in [1.82, 2.24) is 19.1 Å². The molecule has 0 saturated carbocycles. The van der Waals surface area contributed by atoms with Crippen LogP contribution in [0.4, 0.5) is 5.69 Å². The minimum absolute atomic E-state index is 0.245. The van der Waals surface area contributed by atoms with Crippen LogP contribution in [-0.4, -0.2) is 25.0 Å². The number of nitrogens with zero attached hydrogens (tertiary/aromatic N) is 4. The van der Waals surface area contributed by atoms with E-state index in [9.17, 15) is 14.4 Å². The molecule has 0 atom stereocenters. The largest absolute Gasteiger partial charge is 0.330 e. The van der Waals surface area contributed by atoms with E-state index in [0.29, 0.717) is 10.8 Å². The number of hydrogen-bond donors (Lipinski definition) is 1. The van der Waals surface area contributed by atoms with E-state index in [1.807, 2.05) is 32.0 Å². The molecule has 0 bridgehead atoms. The van der Waals surface area contributed by atoms with Gasteiger partial charge < -0.3 is 9.88 Å². The highest BCUT2D eigenvalue weighted by atomic mass is 32.2. The summed E-state index contributed by atoms with van der Waals surface area (Å²) in [5, 5.41) is 3.41. The fourth-order valence-corrected chi connectivity index (χ4v) is 3.61. The van der Waals surface area contributed by atoms with Crippen molar-refractivity contribution in [2.45, 2.75) is 23.9 Å². The molecule has 0 fully saturated rings. The molecular formula is C21H21N5O3S. The molecule has 0 unspecified atom stereocenters. The summed E-state index contributed by atoms with van der Waals surface area (Å²) in [6.45, 7) is 3.85. The average molecular weight is 423 g/mol. The number of aryl methyl sites for hydroxylation is 3. The number of anilines is 1. The number of aromatic nitrogens is 4. The van der Waals surface area contributed by atoms with E-state index in [2.05, 4.69) is 15.3 Å². The molecule has 30 heavy (non-hydrogen) atoms. The van der Waals surface area contributed by atoms with Crippen LogP contribution in [0.1, 0.15) is 17.0 Å². The van der Waals surface area contributed by atoms with Crippen molar-refractivity contribution in [2.24, 2.45) is 14.1 Å². The zero-order valence-corrected chi connectivity index (χ0v) is 17.9. The van der Waals surface area contributed by atoms with Gasteiger partial charge in [0.15, 0.2) is 5.16 Å². The summed E-state index contributed by atoms with van der Waals surface area (Å²) in [5.41, 5.74) is 1.80. The van der Waals surface area contributed by atoms with E-state index in [4.69, 9.17) is 0 Å². The summed E-state index contributed by atoms with van der Waals surface area (Å²) < 4.78 is 2.28. The van der Waals surface area contributed by atoms with E-state index in [-0.39, 0.29) is 11.5 Å². The zero-order chi connectivity index (χ0) is 21.8. The SMILES string of the molecule is Cc1cc(C)nc(Sc2ccc(NC(=O)/C=C/c3cn(C)c(=O)n(C)c3=O)cc2)n1. The molecule has 9 heteroatoms. The highest BCUT2D eigenvalue weighted by Crippen LogP contribution is 2.26. The summed E-state index contributed by atoms with van der Waals surface area (Å²) in [6.07, 6.45) is 4.04. The maximum Gasteiger partial charge on any atom is 0.330 e. The van der Waals surface area contributed by atoms with Gasteiger partial charge in [0.2, 0.25) is 5.91 Å². The third-order valence-electron chi connectivity index (χ3n) is 4.18. The minimum atomic E-state index is -0.461. The van der Waals surface area contributed by atoms with Crippen LogP contribution in [0, 0.1) is 13.8 Å².